The summed E-state index contributed by atoms with van der Waals surface area (Å²) >= 11 is 1.04. The summed E-state index contributed by atoms with van der Waals surface area (Å²) in [5.41, 5.74) is 1.10. The number of sulfonamides is 1. The van der Waals surface area contributed by atoms with E-state index in [2.05, 4.69) is 13.7 Å². The van der Waals surface area contributed by atoms with Crippen molar-refractivity contribution in [2.45, 2.75) is 23.7 Å². The van der Waals surface area contributed by atoms with Gasteiger partial charge in [0, 0.05) is 38.4 Å². The van der Waals surface area contributed by atoms with E-state index in [4.69, 9.17) is 0 Å². The number of aromatic nitrogens is 4. The molecule has 0 aliphatic carbocycles. The lowest BCUT2D eigenvalue weighted by Gasteiger charge is -2.30. The zero-order valence-corrected chi connectivity index (χ0v) is 14.8. The lowest BCUT2D eigenvalue weighted by atomic mass is 9.97. The summed E-state index contributed by atoms with van der Waals surface area (Å²) in [5, 5.41) is 0. The van der Waals surface area contributed by atoms with Gasteiger partial charge in [-0.3, -0.25) is 0 Å². The first-order valence-corrected chi connectivity index (χ1v) is 9.93. The van der Waals surface area contributed by atoms with Crippen LogP contribution in [-0.4, -0.2) is 44.1 Å². The number of piperidine rings is 1. The van der Waals surface area contributed by atoms with Crippen molar-refractivity contribution >= 4 is 32.8 Å². The zero-order valence-electron chi connectivity index (χ0n) is 13.2. The number of hydrogen-bond acceptors (Lipinski definition) is 6. The number of imidazole rings is 1. The second-order valence-corrected chi connectivity index (χ2v) is 8.40. The van der Waals surface area contributed by atoms with Crippen LogP contribution in [0.5, 0.6) is 0 Å². The Bertz CT molecular complexity index is 971. The minimum absolute atomic E-state index is 0.254. The van der Waals surface area contributed by atoms with E-state index in [0.717, 1.165) is 30.4 Å². The van der Waals surface area contributed by atoms with Crippen molar-refractivity contribution in [2.24, 2.45) is 7.05 Å². The van der Waals surface area contributed by atoms with E-state index in [1.165, 1.54) is 0 Å². The highest BCUT2D eigenvalue weighted by Crippen LogP contribution is 2.31. The van der Waals surface area contributed by atoms with Gasteiger partial charge in [-0.25, -0.2) is 13.4 Å². The van der Waals surface area contributed by atoms with Crippen LogP contribution < -0.4 is 0 Å². The van der Waals surface area contributed by atoms with Gasteiger partial charge in [0.1, 0.15) is 21.8 Å². The molecule has 1 saturated heterocycles. The first-order chi connectivity index (χ1) is 11.6. The highest BCUT2D eigenvalue weighted by molar-refractivity contribution is 7.89. The molecule has 0 saturated carbocycles. The molecule has 0 atom stereocenters. The van der Waals surface area contributed by atoms with Crippen LogP contribution in [-0.2, 0) is 17.1 Å². The maximum Gasteiger partial charge on any atom is 0.245 e. The van der Waals surface area contributed by atoms with E-state index < -0.39 is 10.0 Å². The molecule has 7 nitrogen and oxygen atoms in total. The van der Waals surface area contributed by atoms with Crippen LogP contribution in [0.1, 0.15) is 24.6 Å². The standard InChI is InChI=1S/C15H17N5O2S2/c1-19-10-7-16-15(19)11-5-8-20(9-6-11)24(21,22)13-4-2-3-12-14(13)18-23-17-12/h2-4,7,10-11H,5-6,8-9H2,1H3. The van der Waals surface area contributed by atoms with E-state index >= 15 is 0 Å². The second kappa shape index (κ2) is 5.91. The zero-order chi connectivity index (χ0) is 16.7. The summed E-state index contributed by atoms with van der Waals surface area (Å²) in [6, 6.07) is 5.12. The van der Waals surface area contributed by atoms with Crippen LogP contribution >= 0.6 is 11.7 Å². The van der Waals surface area contributed by atoms with Crippen molar-refractivity contribution in [2.75, 3.05) is 13.1 Å². The average Bonchev–Trinajstić information content (AvgIpc) is 3.23. The Kier molecular flexibility index (Phi) is 3.86. The van der Waals surface area contributed by atoms with Crippen molar-refractivity contribution in [3.8, 4) is 0 Å². The monoisotopic (exact) mass is 363 g/mol. The summed E-state index contributed by atoms with van der Waals surface area (Å²) in [6.07, 6.45) is 5.26. The van der Waals surface area contributed by atoms with Crippen LogP contribution in [0.3, 0.4) is 0 Å². The molecule has 0 unspecified atom stereocenters. The van der Waals surface area contributed by atoms with Crippen LogP contribution in [0.25, 0.3) is 11.0 Å². The lowest BCUT2D eigenvalue weighted by Crippen LogP contribution is -2.38. The molecule has 126 valence electrons. The number of hydrogen-bond donors (Lipinski definition) is 0. The first kappa shape index (κ1) is 15.7. The molecule has 4 rings (SSSR count). The topological polar surface area (TPSA) is 81.0 Å². The Balaban J connectivity index is 1.59. The van der Waals surface area contributed by atoms with E-state index in [-0.39, 0.29) is 4.90 Å². The second-order valence-electron chi connectivity index (χ2n) is 5.96. The van der Waals surface area contributed by atoms with E-state index in [9.17, 15) is 8.42 Å². The van der Waals surface area contributed by atoms with Crippen LogP contribution in [0.2, 0.25) is 0 Å². The number of aryl methyl sites for hydroxylation is 1. The van der Waals surface area contributed by atoms with Crippen LogP contribution in [0.4, 0.5) is 0 Å². The van der Waals surface area contributed by atoms with Gasteiger partial charge in [-0.15, -0.1) is 0 Å². The lowest BCUT2D eigenvalue weighted by molar-refractivity contribution is 0.311. The smallest absolute Gasteiger partial charge is 0.245 e. The van der Waals surface area contributed by atoms with E-state index in [1.54, 1.807) is 28.7 Å². The van der Waals surface area contributed by atoms with Gasteiger partial charge in [-0.2, -0.15) is 13.1 Å². The predicted octanol–water partition coefficient (Wildman–Crippen LogP) is 1.99. The summed E-state index contributed by atoms with van der Waals surface area (Å²) in [7, 11) is -1.58. The van der Waals surface area contributed by atoms with Gasteiger partial charge in [0.15, 0.2) is 0 Å². The molecule has 1 aromatic carbocycles. The van der Waals surface area contributed by atoms with Crippen molar-refractivity contribution in [1.29, 1.82) is 0 Å². The Labute approximate surface area is 144 Å². The summed E-state index contributed by atoms with van der Waals surface area (Å²) in [5.74, 6) is 1.33. The highest BCUT2D eigenvalue weighted by atomic mass is 32.2. The van der Waals surface area contributed by atoms with Crippen molar-refractivity contribution < 1.29 is 8.42 Å². The van der Waals surface area contributed by atoms with Gasteiger partial charge >= 0.3 is 0 Å². The molecule has 3 aromatic rings. The number of benzene rings is 1. The number of nitrogens with zero attached hydrogens (tertiary/aromatic N) is 5. The molecule has 0 bridgehead atoms. The molecule has 9 heteroatoms. The quantitative estimate of drug-likeness (QED) is 0.711. The number of fused-ring (bicyclic) bond motifs is 1. The van der Waals surface area contributed by atoms with Crippen molar-refractivity contribution in [3.63, 3.8) is 0 Å². The Morgan fingerprint density at radius 2 is 2.00 bits per heavy atom. The maximum absolute atomic E-state index is 13.0. The summed E-state index contributed by atoms with van der Waals surface area (Å²) in [4.78, 5) is 4.65. The molecular formula is C15H17N5O2S2. The van der Waals surface area contributed by atoms with Crippen molar-refractivity contribution in [3.05, 3.63) is 36.4 Å². The summed E-state index contributed by atoms with van der Waals surface area (Å²) in [6.45, 7) is 0.988. The molecule has 1 fully saturated rings. The molecule has 1 aliphatic rings. The number of rotatable bonds is 3. The average molecular weight is 363 g/mol. The highest BCUT2D eigenvalue weighted by Gasteiger charge is 2.32. The molecule has 2 aromatic heterocycles. The molecule has 1 aliphatic heterocycles. The minimum Gasteiger partial charge on any atom is -0.338 e. The third kappa shape index (κ3) is 2.52. The van der Waals surface area contributed by atoms with Crippen LogP contribution in [0.15, 0.2) is 35.5 Å². The van der Waals surface area contributed by atoms with E-state index in [1.807, 2.05) is 17.8 Å². The predicted molar refractivity (Wildman–Crippen MR) is 91.4 cm³/mol. The fraction of sp³-hybridized carbons (Fsp3) is 0.400. The normalized spacial score (nSPS) is 17.5. The molecule has 0 radical (unpaired) electrons. The molecule has 3 heterocycles. The SMILES string of the molecule is Cn1ccnc1C1CCN(S(=O)(=O)c2cccc3nsnc23)CC1. The first-order valence-electron chi connectivity index (χ1n) is 7.76. The fourth-order valence-corrected chi connectivity index (χ4v) is 5.48. The van der Waals surface area contributed by atoms with Gasteiger partial charge in [-0.05, 0) is 25.0 Å². The summed E-state index contributed by atoms with van der Waals surface area (Å²) < 4.78 is 37.9. The Hall–Kier alpha value is -1.84. The Morgan fingerprint density at radius 3 is 2.71 bits per heavy atom. The minimum atomic E-state index is -3.55. The molecule has 0 N–H and O–H groups in total. The molecule has 0 spiro atoms. The van der Waals surface area contributed by atoms with E-state index in [0.29, 0.717) is 30.0 Å². The fourth-order valence-electron chi connectivity index (χ4n) is 3.25. The van der Waals surface area contributed by atoms with Gasteiger partial charge in [0.25, 0.3) is 0 Å². The van der Waals surface area contributed by atoms with Crippen molar-refractivity contribution in [1.82, 2.24) is 22.6 Å². The van der Waals surface area contributed by atoms with Crippen LogP contribution in [0, 0.1) is 0 Å². The third-order valence-corrected chi connectivity index (χ3v) is 7.02. The molecular weight excluding hydrogens is 346 g/mol. The van der Waals surface area contributed by atoms with Gasteiger partial charge in [0.05, 0.1) is 11.7 Å². The van der Waals surface area contributed by atoms with Gasteiger partial charge in [-0.1, -0.05) is 6.07 Å². The molecule has 24 heavy (non-hydrogen) atoms. The van der Waals surface area contributed by atoms with Gasteiger partial charge in [0.2, 0.25) is 10.0 Å². The third-order valence-electron chi connectivity index (χ3n) is 4.54. The Morgan fingerprint density at radius 1 is 1.21 bits per heavy atom. The van der Waals surface area contributed by atoms with Gasteiger partial charge < -0.3 is 4.57 Å². The molecule has 0 amide bonds. The maximum atomic E-state index is 13.0. The largest absolute Gasteiger partial charge is 0.338 e.